The summed E-state index contributed by atoms with van der Waals surface area (Å²) in [7, 11) is 1.78. The summed E-state index contributed by atoms with van der Waals surface area (Å²) in [5.74, 6) is 0.00643. The van der Waals surface area contributed by atoms with E-state index in [9.17, 15) is 4.79 Å². The Balaban J connectivity index is 2.12. The van der Waals surface area contributed by atoms with Gasteiger partial charge in [-0.25, -0.2) is 0 Å². The number of hydrogen-bond donors (Lipinski definition) is 1. The molecule has 3 rings (SSSR count). The van der Waals surface area contributed by atoms with E-state index in [1.54, 1.807) is 31.0 Å². The molecule has 0 aliphatic rings. The van der Waals surface area contributed by atoms with Gasteiger partial charge in [-0.3, -0.25) is 14.6 Å². The first kappa shape index (κ1) is 12.3. The van der Waals surface area contributed by atoms with Gasteiger partial charge in [0.2, 0.25) is 0 Å². The van der Waals surface area contributed by atoms with Crippen LogP contribution in [-0.2, 0) is 7.05 Å². The van der Waals surface area contributed by atoms with Gasteiger partial charge in [-0.15, -0.1) is 0 Å². The van der Waals surface area contributed by atoms with E-state index in [1.165, 1.54) is 0 Å². The van der Waals surface area contributed by atoms with Gasteiger partial charge in [0.1, 0.15) is 5.69 Å². The van der Waals surface area contributed by atoms with Crippen molar-refractivity contribution in [1.29, 1.82) is 0 Å². The molecule has 5 nitrogen and oxygen atoms in total. The fraction of sp³-hybridized carbons (Fsp3) is 0.133. The minimum absolute atomic E-state index is 0.00643. The maximum Gasteiger partial charge on any atom is 0.178 e. The lowest BCUT2D eigenvalue weighted by Gasteiger charge is -2.05. The lowest BCUT2D eigenvalue weighted by molar-refractivity contribution is 0.100. The first-order valence-corrected chi connectivity index (χ1v) is 6.30. The second kappa shape index (κ2) is 4.77. The number of H-pyrrole nitrogens is 1. The summed E-state index contributed by atoms with van der Waals surface area (Å²) in [6.45, 7) is 1.55. The summed E-state index contributed by atoms with van der Waals surface area (Å²) < 4.78 is 1.61. The Bertz CT molecular complexity index is 756. The molecular weight excluding hydrogens is 252 g/mol. The highest BCUT2D eigenvalue weighted by Gasteiger charge is 2.15. The molecule has 20 heavy (non-hydrogen) atoms. The molecule has 0 unspecified atom stereocenters. The molecule has 100 valence electrons. The fourth-order valence-corrected chi connectivity index (χ4v) is 2.34. The van der Waals surface area contributed by atoms with Gasteiger partial charge in [0.05, 0.1) is 11.9 Å². The van der Waals surface area contributed by atoms with Crippen molar-refractivity contribution in [3.05, 3.63) is 48.4 Å². The lowest BCUT2D eigenvalue weighted by Crippen LogP contribution is -2.04. The van der Waals surface area contributed by atoms with Crippen LogP contribution in [0.4, 0.5) is 0 Å². The maximum absolute atomic E-state index is 11.8. The smallest absolute Gasteiger partial charge is 0.178 e. The van der Waals surface area contributed by atoms with Gasteiger partial charge < -0.3 is 0 Å². The standard InChI is InChI=1S/C15H14N4O/c1-10(20)15-13(9-17-19(15)2)11-4-3-5-12(8-11)14-6-7-16-18-14/h3-9H,1-2H3,(H,16,18). The van der Waals surface area contributed by atoms with Crippen LogP contribution in [0.5, 0.6) is 0 Å². The zero-order valence-corrected chi connectivity index (χ0v) is 11.3. The zero-order valence-electron chi connectivity index (χ0n) is 11.3. The number of rotatable bonds is 3. The minimum Gasteiger partial charge on any atom is -0.293 e. The largest absolute Gasteiger partial charge is 0.293 e. The summed E-state index contributed by atoms with van der Waals surface area (Å²) in [6, 6.07) is 9.87. The number of aromatic nitrogens is 4. The zero-order chi connectivity index (χ0) is 14.1. The number of carbonyl (C=O) groups excluding carboxylic acids is 1. The highest BCUT2D eigenvalue weighted by molar-refractivity contribution is 5.99. The van der Waals surface area contributed by atoms with E-state index < -0.39 is 0 Å². The highest BCUT2D eigenvalue weighted by Crippen LogP contribution is 2.27. The second-order valence-electron chi connectivity index (χ2n) is 4.64. The quantitative estimate of drug-likeness (QED) is 0.741. The first-order chi connectivity index (χ1) is 9.66. The third-order valence-corrected chi connectivity index (χ3v) is 3.26. The third-order valence-electron chi connectivity index (χ3n) is 3.26. The molecule has 0 spiro atoms. The average Bonchev–Trinajstić information content (AvgIpc) is 3.07. The van der Waals surface area contributed by atoms with Crippen molar-refractivity contribution in [3.63, 3.8) is 0 Å². The Hall–Kier alpha value is -2.69. The predicted molar refractivity (Wildman–Crippen MR) is 76.2 cm³/mol. The van der Waals surface area contributed by atoms with Crippen molar-refractivity contribution >= 4 is 5.78 Å². The predicted octanol–water partition coefficient (Wildman–Crippen LogP) is 2.68. The Morgan fingerprint density at radius 1 is 1.25 bits per heavy atom. The van der Waals surface area contributed by atoms with Gasteiger partial charge in [0, 0.05) is 31.3 Å². The first-order valence-electron chi connectivity index (χ1n) is 6.30. The van der Waals surface area contributed by atoms with E-state index in [0.29, 0.717) is 5.69 Å². The van der Waals surface area contributed by atoms with E-state index in [-0.39, 0.29) is 5.78 Å². The second-order valence-corrected chi connectivity index (χ2v) is 4.64. The molecule has 0 saturated heterocycles. The van der Waals surface area contributed by atoms with Crippen LogP contribution in [0.1, 0.15) is 17.4 Å². The molecule has 0 radical (unpaired) electrons. The molecule has 2 heterocycles. The van der Waals surface area contributed by atoms with Crippen molar-refractivity contribution < 1.29 is 4.79 Å². The number of ketones is 1. The number of nitrogens with one attached hydrogen (secondary N) is 1. The number of carbonyl (C=O) groups is 1. The Morgan fingerprint density at radius 3 is 2.75 bits per heavy atom. The summed E-state index contributed by atoms with van der Waals surface area (Å²) in [6.07, 6.45) is 3.44. The van der Waals surface area contributed by atoms with Crippen molar-refractivity contribution in [3.8, 4) is 22.4 Å². The Morgan fingerprint density at radius 2 is 2.05 bits per heavy atom. The molecule has 0 saturated carbocycles. The molecule has 1 N–H and O–H groups in total. The van der Waals surface area contributed by atoms with Crippen LogP contribution in [0, 0.1) is 0 Å². The van der Waals surface area contributed by atoms with Crippen LogP contribution in [0.15, 0.2) is 42.7 Å². The molecule has 0 atom stereocenters. The van der Waals surface area contributed by atoms with Crippen LogP contribution in [0.3, 0.4) is 0 Å². The lowest BCUT2D eigenvalue weighted by atomic mass is 10.0. The number of aryl methyl sites for hydroxylation is 1. The van der Waals surface area contributed by atoms with E-state index in [4.69, 9.17) is 0 Å². The van der Waals surface area contributed by atoms with Gasteiger partial charge >= 0.3 is 0 Å². The van der Waals surface area contributed by atoms with Crippen molar-refractivity contribution in [2.24, 2.45) is 7.05 Å². The molecule has 0 bridgehead atoms. The normalized spacial score (nSPS) is 10.7. The van der Waals surface area contributed by atoms with Gasteiger partial charge in [0.25, 0.3) is 0 Å². The van der Waals surface area contributed by atoms with Crippen LogP contribution in [0.25, 0.3) is 22.4 Å². The number of aromatic amines is 1. The van der Waals surface area contributed by atoms with E-state index >= 15 is 0 Å². The Kier molecular flexibility index (Phi) is 2.95. The number of Topliss-reactive ketones (excluding diaryl/α,β-unsaturated/α-hetero) is 1. The van der Waals surface area contributed by atoms with Crippen LogP contribution < -0.4 is 0 Å². The van der Waals surface area contributed by atoms with Gasteiger partial charge in [0.15, 0.2) is 5.78 Å². The monoisotopic (exact) mass is 266 g/mol. The molecule has 5 heteroatoms. The summed E-state index contributed by atoms with van der Waals surface area (Å²) in [5.41, 5.74) is 4.40. The molecule has 3 aromatic rings. The van der Waals surface area contributed by atoms with Crippen LogP contribution in [-0.4, -0.2) is 25.8 Å². The average molecular weight is 266 g/mol. The van der Waals surface area contributed by atoms with E-state index in [1.807, 2.05) is 30.3 Å². The SMILES string of the molecule is CC(=O)c1c(-c2cccc(-c3ccn[nH]3)c2)cnn1C. The summed E-state index contributed by atoms with van der Waals surface area (Å²) in [4.78, 5) is 11.8. The van der Waals surface area contributed by atoms with Gasteiger partial charge in [-0.05, 0) is 17.7 Å². The molecule has 1 aromatic carbocycles. The number of hydrogen-bond acceptors (Lipinski definition) is 3. The Labute approximate surface area is 116 Å². The van der Waals surface area contributed by atoms with E-state index in [0.717, 1.165) is 22.4 Å². The minimum atomic E-state index is 0.00643. The fourth-order valence-electron chi connectivity index (χ4n) is 2.34. The highest BCUT2D eigenvalue weighted by atomic mass is 16.1. The molecule has 0 fully saturated rings. The number of nitrogens with zero attached hydrogens (tertiary/aromatic N) is 3. The topological polar surface area (TPSA) is 63.6 Å². The van der Waals surface area contributed by atoms with Crippen LogP contribution >= 0.6 is 0 Å². The summed E-state index contributed by atoms with van der Waals surface area (Å²) >= 11 is 0. The van der Waals surface area contributed by atoms with Crippen molar-refractivity contribution in [2.75, 3.05) is 0 Å². The molecule has 0 amide bonds. The number of benzene rings is 1. The summed E-state index contributed by atoms with van der Waals surface area (Å²) in [5, 5.41) is 11.1. The van der Waals surface area contributed by atoms with Gasteiger partial charge in [-0.2, -0.15) is 10.2 Å². The molecule has 0 aliphatic heterocycles. The third kappa shape index (κ3) is 2.03. The maximum atomic E-state index is 11.8. The van der Waals surface area contributed by atoms with Crippen LogP contribution in [0.2, 0.25) is 0 Å². The van der Waals surface area contributed by atoms with E-state index in [2.05, 4.69) is 15.3 Å². The molecular formula is C15H14N4O. The molecule has 0 aliphatic carbocycles. The van der Waals surface area contributed by atoms with Gasteiger partial charge in [-0.1, -0.05) is 18.2 Å². The van der Waals surface area contributed by atoms with Crippen molar-refractivity contribution in [1.82, 2.24) is 20.0 Å². The molecule has 2 aromatic heterocycles. The van der Waals surface area contributed by atoms with Crippen molar-refractivity contribution in [2.45, 2.75) is 6.92 Å².